The molecule has 1 aromatic rings. The maximum absolute atomic E-state index is 6.01. The van der Waals surface area contributed by atoms with Gasteiger partial charge in [0, 0.05) is 6.20 Å². The number of fused-ring (bicyclic) bond motifs is 3. The van der Waals surface area contributed by atoms with E-state index in [9.17, 15) is 0 Å². The Morgan fingerprint density at radius 1 is 1.13 bits per heavy atom. The molecule has 2 nitrogen and oxygen atoms in total. The maximum Gasteiger partial charge on any atom is 0.104 e. The van der Waals surface area contributed by atoms with Crippen molar-refractivity contribution >= 4 is 6.08 Å². The third kappa shape index (κ3) is 1.18. The third-order valence-corrected chi connectivity index (χ3v) is 2.87. The molecule has 2 aliphatic rings. The minimum atomic E-state index is 0.260. The second kappa shape index (κ2) is 3.02. The van der Waals surface area contributed by atoms with Crippen LogP contribution in [0.4, 0.5) is 0 Å². The lowest BCUT2D eigenvalue weighted by molar-refractivity contribution is 0.391. The van der Waals surface area contributed by atoms with E-state index in [0.29, 0.717) is 0 Å². The second-order valence-electron chi connectivity index (χ2n) is 3.78. The number of nitrogens with two attached hydrogens (primary N) is 1. The molecule has 1 unspecified atom stereocenters. The molecule has 2 heterocycles. The van der Waals surface area contributed by atoms with Gasteiger partial charge in [-0.25, -0.2) is 0 Å². The Balaban J connectivity index is 2.20. The zero-order valence-electron chi connectivity index (χ0n) is 8.30. The van der Waals surface area contributed by atoms with Crippen LogP contribution in [-0.4, -0.2) is 4.90 Å². The van der Waals surface area contributed by atoms with Crippen molar-refractivity contribution in [2.24, 2.45) is 5.73 Å². The quantitative estimate of drug-likeness (QED) is 0.690. The average Bonchev–Trinajstić information content (AvgIpc) is 2.30. The number of rotatable bonds is 0. The van der Waals surface area contributed by atoms with E-state index < -0.39 is 0 Å². The summed E-state index contributed by atoms with van der Waals surface area (Å²) in [5, 5.41) is 0. The normalized spacial score (nSPS) is 22.0. The van der Waals surface area contributed by atoms with Crippen molar-refractivity contribution in [2.45, 2.75) is 6.04 Å². The van der Waals surface area contributed by atoms with Gasteiger partial charge in [-0.1, -0.05) is 36.4 Å². The van der Waals surface area contributed by atoms with Gasteiger partial charge in [0.2, 0.25) is 0 Å². The summed E-state index contributed by atoms with van der Waals surface area (Å²) >= 11 is 0. The van der Waals surface area contributed by atoms with Crippen LogP contribution in [0.1, 0.15) is 17.2 Å². The highest BCUT2D eigenvalue weighted by molar-refractivity contribution is 5.61. The summed E-state index contributed by atoms with van der Waals surface area (Å²) in [5.74, 6) is 0.805. The first-order chi connectivity index (χ1) is 7.36. The van der Waals surface area contributed by atoms with Crippen molar-refractivity contribution in [3.05, 3.63) is 65.6 Å². The molecule has 3 rings (SSSR count). The van der Waals surface area contributed by atoms with Crippen LogP contribution in [0.25, 0.3) is 6.08 Å². The van der Waals surface area contributed by atoms with Gasteiger partial charge in [0.15, 0.2) is 0 Å². The van der Waals surface area contributed by atoms with Crippen LogP contribution in [0.5, 0.6) is 0 Å². The van der Waals surface area contributed by atoms with E-state index in [4.69, 9.17) is 5.73 Å². The summed E-state index contributed by atoms with van der Waals surface area (Å²) in [6.07, 6.45) is 10.3. The Morgan fingerprint density at radius 2 is 2.00 bits per heavy atom. The van der Waals surface area contributed by atoms with Crippen molar-refractivity contribution in [2.75, 3.05) is 0 Å². The zero-order chi connectivity index (χ0) is 10.3. The molecule has 0 fully saturated rings. The van der Waals surface area contributed by atoms with Crippen LogP contribution in [0.15, 0.2) is 54.5 Å². The molecule has 0 aliphatic carbocycles. The Morgan fingerprint density at radius 3 is 2.93 bits per heavy atom. The predicted octanol–water partition coefficient (Wildman–Crippen LogP) is 2.38. The van der Waals surface area contributed by atoms with E-state index in [1.165, 1.54) is 11.1 Å². The topological polar surface area (TPSA) is 29.3 Å². The molecule has 1 atom stereocenters. The standard InChI is InChI=1S/C13H12N2/c14-13-9-10-5-1-2-6-11(10)12-7-3-4-8-15(12)13/h1-9,12H,14H2. The number of allylic oxidation sites excluding steroid dienone is 2. The first kappa shape index (κ1) is 8.36. The summed E-state index contributed by atoms with van der Waals surface area (Å²) in [6, 6.07) is 8.63. The molecule has 2 aliphatic heterocycles. The molecule has 0 amide bonds. The molecule has 15 heavy (non-hydrogen) atoms. The van der Waals surface area contributed by atoms with Gasteiger partial charge >= 0.3 is 0 Å². The van der Waals surface area contributed by atoms with Gasteiger partial charge < -0.3 is 10.6 Å². The van der Waals surface area contributed by atoms with Gasteiger partial charge in [-0.3, -0.25) is 0 Å². The van der Waals surface area contributed by atoms with Crippen LogP contribution >= 0.6 is 0 Å². The van der Waals surface area contributed by atoms with Crippen LogP contribution in [0, 0.1) is 0 Å². The SMILES string of the molecule is NC1=Cc2ccccc2C2C=CC=CN12. The smallest absolute Gasteiger partial charge is 0.104 e. The number of hydrogen-bond donors (Lipinski definition) is 1. The molecule has 0 bridgehead atoms. The molecule has 2 heteroatoms. The number of benzene rings is 1. The minimum absolute atomic E-state index is 0.260. The van der Waals surface area contributed by atoms with Gasteiger partial charge in [0.1, 0.15) is 5.82 Å². The highest BCUT2D eigenvalue weighted by Crippen LogP contribution is 2.34. The lowest BCUT2D eigenvalue weighted by Gasteiger charge is -2.35. The largest absolute Gasteiger partial charge is 0.385 e. The lowest BCUT2D eigenvalue weighted by Crippen LogP contribution is -2.30. The lowest BCUT2D eigenvalue weighted by atomic mass is 9.94. The highest BCUT2D eigenvalue weighted by Gasteiger charge is 2.24. The van der Waals surface area contributed by atoms with E-state index in [1.54, 1.807) is 0 Å². The van der Waals surface area contributed by atoms with Gasteiger partial charge in [0.05, 0.1) is 6.04 Å². The summed E-state index contributed by atoms with van der Waals surface area (Å²) < 4.78 is 0. The van der Waals surface area contributed by atoms with Crippen molar-refractivity contribution in [3.63, 3.8) is 0 Å². The summed E-state index contributed by atoms with van der Waals surface area (Å²) in [4.78, 5) is 2.09. The zero-order valence-corrected chi connectivity index (χ0v) is 8.30. The van der Waals surface area contributed by atoms with E-state index in [2.05, 4.69) is 35.3 Å². The van der Waals surface area contributed by atoms with Crippen molar-refractivity contribution in [1.29, 1.82) is 0 Å². The molecular formula is C13H12N2. The second-order valence-corrected chi connectivity index (χ2v) is 3.78. The van der Waals surface area contributed by atoms with E-state index in [-0.39, 0.29) is 6.04 Å². The monoisotopic (exact) mass is 196 g/mol. The van der Waals surface area contributed by atoms with Gasteiger partial charge in [0.25, 0.3) is 0 Å². The van der Waals surface area contributed by atoms with Crippen LogP contribution in [-0.2, 0) is 0 Å². The molecule has 0 saturated heterocycles. The fourth-order valence-corrected chi connectivity index (χ4v) is 2.14. The van der Waals surface area contributed by atoms with Crippen molar-refractivity contribution in [3.8, 4) is 0 Å². The molecule has 2 N–H and O–H groups in total. The Labute approximate surface area is 89.0 Å². The molecule has 0 saturated carbocycles. The first-order valence-electron chi connectivity index (χ1n) is 5.06. The highest BCUT2D eigenvalue weighted by atomic mass is 15.2. The summed E-state index contributed by atoms with van der Waals surface area (Å²) in [7, 11) is 0. The Hall–Kier alpha value is -1.96. The number of hydrogen-bond acceptors (Lipinski definition) is 2. The molecule has 1 aromatic carbocycles. The van der Waals surface area contributed by atoms with Crippen LogP contribution in [0.3, 0.4) is 0 Å². The van der Waals surface area contributed by atoms with E-state index >= 15 is 0 Å². The Kier molecular flexibility index (Phi) is 1.68. The molecule has 0 radical (unpaired) electrons. The first-order valence-corrected chi connectivity index (χ1v) is 5.06. The van der Waals surface area contributed by atoms with Gasteiger partial charge in [-0.2, -0.15) is 0 Å². The number of nitrogens with zero attached hydrogens (tertiary/aromatic N) is 1. The molecule has 0 aromatic heterocycles. The Bertz CT molecular complexity index is 483. The molecule has 74 valence electrons. The van der Waals surface area contributed by atoms with Gasteiger partial charge in [-0.05, 0) is 23.3 Å². The van der Waals surface area contributed by atoms with E-state index in [1.807, 2.05) is 24.4 Å². The van der Waals surface area contributed by atoms with Gasteiger partial charge in [-0.15, -0.1) is 0 Å². The maximum atomic E-state index is 6.01. The fraction of sp³-hybridized carbons (Fsp3) is 0.0769. The minimum Gasteiger partial charge on any atom is -0.385 e. The predicted molar refractivity (Wildman–Crippen MR) is 61.5 cm³/mol. The molecular weight excluding hydrogens is 184 g/mol. The van der Waals surface area contributed by atoms with E-state index in [0.717, 1.165) is 5.82 Å². The summed E-state index contributed by atoms with van der Waals surface area (Å²) in [6.45, 7) is 0. The van der Waals surface area contributed by atoms with Crippen molar-refractivity contribution < 1.29 is 0 Å². The van der Waals surface area contributed by atoms with Crippen molar-refractivity contribution in [1.82, 2.24) is 4.90 Å². The van der Waals surface area contributed by atoms with Crippen LogP contribution in [0.2, 0.25) is 0 Å². The third-order valence-electron chi connectivity index (χ3n) is 2.87. The fourth-order valence-electron chi connectivity index (χ4n) is 2.14. The molecule has 0 spiro atoms. The average molecular weight is 196 g/mol. The summed E-state index contributed by atoms with van der Waals surface area (Å²) in [5.41, 5.74) is 8.54. The van der Waals surface area contributed by atoms with Crippen LogP contribution < -0.4 is 5.73 Å².